The molecule has 0 aliphatic carbocycles. The van der Waals surface area contributed by atoms with Gasteiger partial charge in [-0.25, -0.2) is 29.5 Å². The summed E-state index contributed by atoms with van der Waals surface area (Å²) in [6, 6.07) is 22.3. The van der Waals surface area contributed by atoms with E-state index in [0.717, 1.165) is 33.2 Å². The number of carbonyl (C=O) groups excluding carboxylic acids is 4. The third-order valence-electron chi connectivity index (χ3n) is 9.82. The van der Waals surface area contributed by atoms with Crippen LogP contribution in [0.4, 0.5) is 9.59 Å². The van der Waals surface area contributed by atoms with Crippen molar-refractivity contribution in [3.05, 3.63) is 95.1 Å². The maximum absolute atomic E-state index is 13.4. The van der Waals surface area contributed by atoms with Gasteiger partial charge in [0.25, 0.3) is 11.8 Å². The summed E-state index contributed by atoms with van der Waals surface area (Å²) in [5, 5.41) is 5.96. The molecule has 4 amide bonds. The summed E-state index contributed by atoms with van der Waals surface area (Å²) in [7, 11) is 0. The Balaban J connectivity index is 1.05. The van der Waals surface area contributed by atoms with Gasteiger partial charge in [0, 0.05) is 39.3 Å². The highest BCUT2D eigenvalue weighted by atomic mass is 16.6. The van der Waals surface area contributed by atoms with Crippen LogP contribution in [-0.4, -0.2) is 104 Å². The Labute approximate surface area is 356 Å². The minimum absolute atomic E-state index is 0.282. The second-order valence-electron chi connectivity index (χ2n) is 17.2. The van der Waals surface area contributed by atoms with Crippen LogP contribution in [0.3, 0.4) is 0 Å². The Hall–Kier alpha value is -6.44. The standard InChI is InChI=1S/C47H56N8O6/c1-30-16-9-20-34-38(30)52-40-32(18-11-22-36(40)50-34)42(56)48-24-13-26-54(44(58)60-46(3,4)5)28-15-29-55(45(59)61-47(6,7)8)27-14-25-49-43(57)33-19-12-23-37-41(33)53-39-31(2)17-10-21-35(39)51-37/h9-12,16-23H,13-15,24-29H2,1-8H3,(H,48,56)(H,49,57). The molecule has 0 saturated carbocycles. The van der Waals surface area contributed by atoms with Crippen molar-refractivity contribution in [2.24, 2.45) is 0 Å². The van der Waals surface area contributed by atoms with Crippen molar-refractivity contribution in [2.45, 2.75) is 85.9 Å². The number of carbonyl (C=O) groups is 4. The van der Waals surface area contributed by atoms with Gasteiger partial charge in [0.15, 0.2) is 0 Å². The molecule has 2 aromatic heterocycles. The van der Waals surface area contributed by atoms with E-state index in [1.54, 1.807) is 75.6 Å². The van der Waals surface area contributed by atoms with E-state index in [2.05, 4.69) is 10.6 Å². The lowest BCUT2D eigenvalue weighted by atomic mass is 10.1. The third kappa shape index (κ3) is 11.4. The fourth-order valence-corrected chi connectivity index (χ4v) is 6.91. The predicted molar refractivity (Wildman–Crippen MR) is 238 cm³/mol. The molecule has 0 unspecified atom stereocenters. The molecule has 0 radical (unpaired) electrons. The molecule has 0 atom stereocenters. The maximum atomic E-state index is 13.4. The van der Waals surface area contributed by atoms with Crippen molar-refractivity contribution in [2.75, 3.05) is 39.3 Å². The molecule has 4 aromatic carbocycles. The zero-order valence-electron chi connectivity index (χ0n) is 36.4. The number of para-hydroxylation sites is 4. The average molecular weight is 829 g/mol. The fourth-order valence-electron chi connectivity index (χ4n) is 6.91. The minimum atomic E-state index is -0.722. The Morgan fingerprint density at radius 3 is 1.21 bits per heavy atom. The van der Waals surface area contributed by atoms with Crippen LogP contribution in [-0.2, 0) is 9.47 Å². The van der Waals surface area contributed by atoms with Crippen molar-refractivity contribution in [3.8, 4) is 0 Å². The quantitative estimate of drug-likeness (QED) is 0.0805. The number of aryl methyl sites for hydroxylation is 2. The van der Waals surface area contributed by atoms with Gasteiger partial charge in [-0.2, -0.15) is 0 Å². The number of hydrogen-bond donors (Lipinski definition) is 2. The second-order valence-corrected chi connectivity index (χ2v) is 17.2. The molecule has 2 heterocycles. The number of ether oxygens (including phenoxy) is 2. The Morgan fingerprint density at radius 2 is 0.836 bits per heavy atom. The monoisotopic (exact) mass is 828 g/mol. The van der Waals surface area contributed by atoms with Crippen LogP contribution in [0.5, 0.6) is 0 Å². The molecule has 0 spiro atoms. The lowest BCUT2D eigenvalue weighted by molar-refractivity contribution is 0.0203. The van der Waals surface area contributed by atoms with Gasteiger partial charge in [-0.1, -0.05) is 36.4 Å². The SMILES string of the molecule is Cc1cccc2nc3cccc(C(=O)NCCCN(CCCN(CCCNC(=O)c4cccc5nc6cccc(C)c6nc45)C(=O)OC(C)(C)C)C(=O)OC(C)(C)C)c3nc12. The maximum Gasteiger partial charge on any atom is 0.410 e. The van der Waals surface area contributed by atoms with E-state index in [-0.39, 0.29) is 11.8 Å². The van der Waals surface area contributed by atoms with E-state index in [0.29, 0.717) is 91.7 Å². The van der Waals surface area contributed by atoms with Gasteiger partial charge in [0.05, 0.1) is 44.2 Å². The number of aromatic nitrogens is 4. The number of amides is 4. The van der Waals surface area contributed by atoms with Gasteiger partial charge < -0.3 is 29.9 Å². The van der Waals surface area contributed by atoms with Crippen LogP contribution in [0.15, 0.2) is 72.8 Å². The average Bonchev–Trinajstić information content (AvgIpc) is 3.19. The van der Waals surface area contributed by atoms with Gasteiger partial charge in [0.2, 0.25) is 0 Å². The fraction of sp³-hybridized carbons (Fsp3) is 0.404. The zero-order chi connectivity index (χ0) is 43.9. The van der Waals surface area contributed by atoms with Gasteiger partial charge in [-0.3, -0.25) is 9.59 Å². The van der Waals surface area contributed by atoms with Crippen molar-refractivity contribution in [1.29, 1.82) is 0 Å². The molecule has 320 valence electrons. The number of hydrogen-bond acceptors (Lipinski definition) is 10. The molecular formula is C47H56N8O6. The first kappa shape index (κ1) is 44.1. The molecule has 14 nitrogen and oxygen atoms in total. The van der Waals surface area contributed by atoms with Gasteiger partial charge in [-0.15, -0.1) is 0 Å². The molecule has 6 rings (SSSR count). The van der Waals surface area contributed by atoms with Crippen molar-refractivity contribution < 1.29 is 28.7 Å². The summed E-state index contributed by atoms with van der Waals surface area (Å²) in [4.78, 5) is 75.9. The molecular weight excluding hydrogens is 773 g/mol. The van der Waals surface area contributed by atoms with Crippen LogP contribution >= 0.6 is 0 Å². The molecule has 0 bridgehead atoms. The van der Waals surface area contributed by atoms with E-state index in [9.17, 15) is 19.2 Å². The largest absolute Gasteiger partial charge is 0.444 e. The van der Waals surface area contributed by atoms with Gasteiger partial charge in [0.1, 0.15) is 22.2 Å². The van der Waals surface area contributed by atoms with Crippen molar-refractivity contribution in [3.63, 3.8) is 0 Å². The predicted octanol–water partition coefficient (Wildman–Crippen LogP) is 8.30. The number of rotatable bonds is 14. The van der Waals surface area contributed by atoms with Crippen molar-refractivity contribution >= 4 is 68.1 Å². The lowest BCUT2D eigenvalue weighted by Gasteiger charge is -2.30. The van der Waals surface area contributed by atoms with Crippen molar-refractivity contribution in [1.82, 2.24) is 40.4 Å². The Kier molecular flexibility index (Phi) is 13.6. The Morgan fingerprint density at radius 1 is 0.492 bits per heavy atom. The van der Waals surface area contributed by atoms with E-state index < -0.39 is 23.4 Å². The van der Waals surface area contributed by atoms with Gasteiger partial charge in [-0.05, 0) is 122 Å². The summed E-state index contributed by atoms with van der Waals surface area (Å²) >= 11 is 0. The van der Waals surface area contributed by atoms with E-state index in [4.69, 9.17) is 29.4 Å². The molecule has 14 heteroatoms. The molecule has 0 aliphatic heterocycles. The number of benzene rings is 4. The van der Waals surface area contributed by atoms with E-state index >= 15 is 0 Å². The number of fused-ring (bicyclic) bond motifs is 4. The zero-order valence-corrected chi connectivity index (χ0v) is 36.4. The number of nitrogens with zero attached hydrogens (tertiary/aromatic N) is 6. The van der Waals surface area contributed by atoms with Crippen LogP contribution in [0.2, 0.25) is 0 Å². The van der Waals surface area contributed by atoms with Crippen LogP contribution in [0.25, 0.3) is 44.1 Å². The molecule has 61 heavy (non-hydrogen) atoms. The summed E-state index contributed by atoms with van der Waals surface area (Å²) in [6.45, 7) is 16.6. The van der Waals surface area contributed by atoms with Crippen LogP contribution < -0.4 is 10.6 Å². The first-order valence-corrected chi connectivity index (χ1v) is 20.8. The highest BCUT2D eigenvalue weighted by Gasteiger charge is 2.25. The second kappa shape index (κ2) is 18.9. The summed E-state index contributed by atoms with van der Waals surface area (Å²) in [5.74, 6) is -0.564. The highest BCUT2D eigenvalue weighted by molar-refractivity contribution is 6.07. The normalized spacial score (nSPS) is 11.8. The van der Waals surface area contributed by atoms with Gasteiger partial charge >= 0.3 is 12.2 Å². The third-order valence-corrected chi connectivity index (χ3v) is 9.82. The topological polar surface area (TPSA) is 169 Å². The summed E-state index contributed by atoms with van der Waals surface area (Å²) in [6.07, 6.45) is 0.367. The lowest BCUT2D eigenvalue weighted by Crippen LogP contribution is -2.42. The van der Waals surface area contributed by atoms with Crippen LogP contribution in [0, 0.1) is 13.8 Å². The summed E-state index contributed by atoms with van der Waals surface area (Å²) in [5.41, 5.74) is 6.69. The Bertz CT molecular complexity index is 2400. The molecule has 0 fully saturated rings. The van der Waals surface area contributed by atoms with Crippen LogP contribution in [0.1, 0.15) is 92.6 Å². The highest BCUT2D eigenvalue weighted by Crippen LogP contribution is 2.23. The minimum Gasteiger partial charge on any atom is -0.444 e. The molecule has 0 aliphatic rings. The first-order valence-electron chi connectivity index (χ1n) is 20.8. The number of nitrogens with one attached hydrogen (secondary N) is 2. The molecule has 0 saturated heterocycles. The summed E-state index contributed by atoms with van der Waals surface area (Å²) < 4.78 is 11.5. The first-order chi connectivity index (χ1) is 29.0. The van der Waals surface area contributed by atoms with E-state index in [1.807, 2.05) is 62.4 Å². The molecule has 6 aromatic rings. The smallest absolute Gasteiger partial charge is 0.410 e. The van der Waals surface area contributed by atoms with E-state index in [1.165, 1.54) is 0 Å². The molecule has 2 N–H and O–H groups in total.